The van der Waals surface area contributed by atoms with Gasteiger partial charge in [0, 0.05) is 12.0 Å². The molecule has 41 heavy (non-hydrogen) atoms. The Morgan fingerprint density at radius 2 is 1.85 bits per heavy atom. The lowest BCUT2D eigenvalue weighted by atomic mass is 9.65. The van der Waals surface area contributed by atoms with E-state index in [0.29, 0.717) is 23.7 Å². The fourth-order valence-electron chi connectivity index (χ4n) is 7.51. The number of nitrogens with two attached hydrogens (primary N) is 1. The molecule has 0 aromatic rings. The molecule has 0 heterocycles. The molecule has 0 bridgehead atoms. The molecule has 8 atom stereocenters. The molecular formula is C38H56FNO. The maximum Gasteiger partial charge on any atom is 0.110 e. The summed E-state index contributed by atoms with van der Waals surface area (Å²) in [5.74, 6) is 2.62. The normalized spacial score (nSPS) is 31.7. The molecule has 1 saturated carbocycles. The third kappa shape index (κ3) is 8.32. The van der Waals surface area contributed by atoms with Crippen molar-refractivity contribution in [2.45, 2.75) is 111 Å². The van der Waals surface area contributed by atoms with Crippen molar-refractivity contribution in [3.8, 4) is 0 Å². The van der Waals surface area contributed by atoms with Crippen molar-refractivity contribution in [3.05, 3.63) is 82.8 Å². The highest BCUT2D eigenvalue weighted by Crippen LogP contribution is 2.53. The third-order valence-corrected chi connectivity index (χ3v) is 10.4. The van der Waals surface area contributed by atoms with Crippen LogP contribution in [0, 0.1) is 41.4 Å². The number of allylic oxidation sites excluding steroid dienone is 13. The zero-order chi connectivity index (χ0) is 29.5. The van der Waals surface area contributed by atoms with Gasteiger partial charge in [-0.15, -0.1) is 0 Å². The second-order valence-corrected chi connectivity index (χ2v) is 13.7. The lowest BCUT2D eigenvalue weighted by molar-refractivity contribution is 0.113. The number of halogens is 1. The maximum atomic E-state index is 15.8. The van der Waals surface area contributed by atoms with Crippen molar-refractivity contribution in [1.82, 2.24) is 0 Å². The predicted octanol–water partition coefficient (Wildman–Crippen LogP) is 9.71. The summed E-state index contributed by atoms with van der Waals surface area (Å²) in [6.07, 6.45) is 29.6. The summed E-state index contributed by atoms with van der Waals surface area (Å²) in [5, 5.41) is 10.3. The summed E-state index contributed by atoms with van der Waals surface area (Å²) >= 11 is 0. The number of hydrogen-bond acceptors (Lipinski definition) is 2. The Morgan fingerprint density at radius 1 is 1.10 bits per heavy atom. The SMILES string of the molecule is CCC1=C(F)C(C2=CC(C(CCCCCC(O)C(C)C)C(C)=CC3=CC=CCC=C3)C(N)C(C3CC3C)C2)CC=C1. The fraction of sp³-hybridized carbons (Fsp3) is 0.632. The van der Waals surface area contributed by atoms with E-state index in [4.69, 9.17) is 5.73 Å². The van der Waals surface area contributed by atoms with E-state index in [2.05, 4.69) is 83.2 Å². The van der Waals surface area contributed by atoms with Crippen molar-refractivity contribution in [2.75, 3.05) is 0 Å². The Hall–Kier alpha value is -1.97. The highest BCUT2D eigenvalue weighted by atomic mass is 19.1. The number of hydrogen-bond donors (Lipinski definition) is 2. The van der Waals surface area contributed by atoms with Gasteiger partial charge in [-0.3, -0.25) is 0 Å². The number of rotatable bonds is 13. The molecule has 0 aromatic heterocycles. The lowest BCUT2D eigenvalue weighted by Gasteiger charge is -2.42. The van der Waals surface area contributed by atoms with Crippen molar-refractivity contribution < 1.29 is 9.50 Å². The Bertz CT molecular complexity index is 1100. The van der Waals surface area contributed by atoms with Crippen LogP contribution in [0.3, 0.4) is 0 Å². The average Bonchev–Trinajstić information content (AvgIpc) is 3.73. The summed E-state index contributed by atoms with van der Waals surface area (Å²) in [4.78, 5) is 0. The number of unbranched alkanes of at least 4 members (excludes halogenated alkanes) is 2. The van der Waals surface area contributed by atoms with Gasteiger partial charge in [-0.2, -0.15) is 0 Å². The number of aliphatic hydroxyl groups is 1. The van der Waals surface area contributed by atoms with Crippen LogP contribution in [0.2, 0.25) is 0 Å². The first kappa shape index (κ1) is 32.0. The monoisotopic (exact) mass is 561 g/mol. The van der Waals surface area contributed by atoms with E-state index < -0.39 is 0 Å². The Kier molecular flexibility index (Phi) is 11.7. The van der Waals surface area contributed by atoms with E-state index in [0.717, 1.165) is 69.3 Å². The van der Waals surface area contributed by atoms with Crippen LogP contribution in [0.15, 0.2) is 82.8 Å². The van der Waals surface area contributed by atoms with E-state index in [-0.39, 0.29) is 29.8 Å². The minimum Gasteiger partial charge on any atom is -0.393 e. The van der Waals surface area contributed by atoms with E-state index in [1.165, 1.54) is 23.1 Å². The smallest absolute Gasteiger partial charge is 0.110 e. The first-order valence-corrected chi connectivity index (χ1v) is 16.6. The third-order valence-electron chi connectivity index (χ3n) is 10.4. The van der Waals surface area contributed by atoms with Crippen LogP contribution in [0.25, 0.3) is 0 Å². The molecule has 0 aliphatic heterocycles. The summed E-state index contributed by atoms with van der Waals surface area (Å²) in [7, 11) is 0. The summed E-state index contributed by atoms with van der Waals surface area (Å²) in [6, 6.07) is 0.0974. The van der Waals surface area contributed by atoms with Gasteiger partial charge in [0.2, 0.25) is 0 Å². The van der Waals surface area contributed by atoms with Gasteiger partial charge in [0.15, 0.2) is 0 Å². The molecule has 1 fully saturated rings. The number of aliphatic hydroxyl groups excluding tert-OH is 1. The molecule has 0 amide bonds. The highest BCUT2D eigenvalue weighted by molar-refractivity contribution is 5.39. The van der Waals surface area contributed by atoms with E-state index in [1.54, 1.807) is 0 Å². The lowest BCUT2D eigenvalue weighted by Crippen LogP contribution is -2.45. The van der Waals surface area contributed by atoms with Crippen LogP contribution in [0.5, 0.6) is 0 Å². The van der Waals surface area contributed by atoms with Crippen LogP contribution < -0.4 is 5.73 Å². The fourth-order valence-corrected chi connectivity index (χ4v) is 7.51. The van der Waals surface area contributed by atoms with E-state index >= 15 is 4.39 Å². The average molecular weight is 562 g/mol. The first-order chi connectivity index (χ1) is 19.7. The molecule has 226 valence electrons. The minimum atomic E-state index is -0.214. The van der Waals surface area contributed by atoms with Crippen LogP contribution in [0.4, 0.5) is 4.39 Å². The molecule has 0 radical (unpaired) electrons. The molecule has 0 spiro atoms. The Labute approximate surface area is 250 Å². The van der Waals surface area contributed by atoms with Gasteiger partial charge in [0.25, 0.3) is 0 Å². The van der Waals surface area contributed by atoms with Gasteiger partial charge in [0.05, 0.1) is 6.10 Å². The molecule has 8 unspecified atom stereocenters. The highest BCUT2D eigenvalue weighted by Gasteiger charge is 2.47. The molecule has 2 nitrogen and oxygen atoms in total. The topological polar surface area (TPSA) is 46.2 Å². The van der Waals surface area contributed by atoms with Crippen LogP contribution >= 0.6 is 0 Å². The van der Waals surface area contributed by atoms with Crippen LogP contribution in [-0.2, 0) is 0 Å². The van der Waals surface area contributed by atoms with Gasteiger partial charge in [-0.25, -0.2) is 4.39 Å². The van der Waals surface area contributed by atoms with Crippen molar-refractivity contribution in [3.63, 3.8) is 0 Å². The zero-order valence-electron chi connectivity index (χ0n) is 26.4. The second kappa shape index (κ2) is 15.0. The molecule has 0 saturated heterocycles. The van der Waals surface area contributed by atoms with E-state index in [1.807, 2.05) is 6.08 Å². The Balaban J connectivity index is 1.63. The Morgan fingerprint density at radius 3 is 2.56 bits per heavy atom. The van der Waals surface area contributed by atoms with Gasteiger partial charge in [-0.05, 0) is 98.5 Å². The summed E-state index contributed by atoms with van der Waals surface area (Å²) in [5.41, 5.74) is 12.0. The first-order valence-electron chi connectivity index (χ1n) is 16.6. The second-order valence-electron chi connectivity index (χ2n) is 13.7. The minimum absolute atomic E-state index is 0.0890. The van der Waals surface area contributed by atoms with Crippen LogP contribution in [0.1, 0.15) is 98.8 Å². The van der Waals surface area contributed by atoms with E-state index in [9.17, 15) is 5.11 Å². The van der Waals surface area contributed by atoms with Gasteiger partial charge >= 0.3 is 0 Å². The van der Waals surface area contributed by atoms with Gasteiger partial charge in [0.1, 0.15) is 5.83 Å². The largest absolute Gasteiger partial charge is 0.393 e. The van der Waals surface area contributed by atoms with Crippen molar-refractivity contribution in [1.29, 1.82) is 0 Å². The van der Waals surface area contributed by atoms with Gasteiger partial charge in [-0.1, -0.05) is 113 Å². The van der Waals surface area contributed by atoms with Crippen LogP contribution in [-0.4, -0.2) is 17.3 Å². The summed E-state index contributed by atoms with van der Waals surface area (Å²) in [6.45, 7) is 10.9. The molecule has 4 aliphatic rings. The van der Waals surface area contributed by atoms with Gasteiger partial charge < -0.3 is 10.8 Å². The predicted molar refractivity (Wildman–Crippen MR) is 173 cm³/mol. The van der Waals surface area contributed by atoms with Crippen molar-refractivity contribution >= 4 is 0 Å². The molecule has 3 N–H and O–H groups in total. The summed E-state index contributed by atoms with van der Waals surface area (Å²) < 4.78 is 15.8. The zero-order valence-corrected chi connectivity index (χ0v) is 26.4. The van der Waals surface area contributed by atoms with Crippen molar-refractivity contribution in [2.24, 2.45) is 47.2 Å². The molecule has 4 rings (SSSR count). The molecular weight excluding hydrogens is 505 g/mol. The standard InChI is InChI=1S/C38H56FNO/c1-6-29-17-14-19-32(37(29)39)30-23-34(38(40)35(24-30)33-22-27(33)5)31(18-12-9-13-20-36(41)25(2)3)26(4)21-28-15-10-7-8-11-16-28/h7,10-11,14-17,21,23,25,27,31-36,38,41H,6,8-9,12-13,18-20,22,24,40H2,1-5H3. The maximum absolute atomic E-state index is 15.8. The quantitative estimate of drug-likeness (QED) is 0.174. The molecule has 4 aliphatic carbocycles. The molecule has 3 heteroatoms. The molecule has 0 aromatic carbocycles.